The van der Waals surface area contributed by atoms with Crippen LogP contribution in [-0.2, 0) is 16.7 Å². The van der Waals surface area contributed by atoms with Crippen molar-refractivity contribution < 1.29 is 4.74 Å². The van der Waals surface area contributed by atoms with Crippen molar-refractivity contribution in [2.24, 2.45) is 4.99 Å². The van der Waals surface area contributed by atoms with Crippen LogP contribution in [0.5, 0.6) is 0 Å². The summed E-state index contributed by atoms with van der Waals surface area (Å²) in [5, 5.41) is 8.96. The molecule has 1 unspecified atom stereocenters. The first-order valence-electron chi connectivity index (χ1n) is 10.4. The number of hydrogen-bond donors (Lipinski definition) is 2. The van der Waals surface area contributed by atoms with Crippen LogP contribution in [0.25, 0.3) is 0 Å². The van der Waals surface area contributed by atoms with Gasteiger partial charge in [0.25, 0.3) is 0 Å². The van der Waals surface area contributed by atoms with Crippen molar-refractivity contribution in [2.45, 2.75) is 45.8 Å². The molecule has 0 bridgehead atoms. The second-order valence-corrected chi connectivity index (χ2v) is 9.01. The Bertz CT molecular complexity index is 779. The van der Waals surface area contributed by atoms with E-state index in [-0.39, 0.29) is 35.5 Å². The normalized spacial score (nSPS) is 17.4. The molecule has 1 aliphatic heterocycles. The average Bonchev–Trinajstić information content (AvgIpc) is 3.26. The van der Waals surface area contributed by atoms with Gasteiger partial charge < -0.3 is 20.3 Å². The second-order valence-electron chi connectivity index (χ2n) is 8.06. The van der Waals surface area contributed by atoms with E-state index in [1.54, 1.807) is 11.3 Å². The maximum absolute atomic E-state index is 5.61. The fourth-order valence-electron chi connectivity index (χ4n) is 3.29. The van der Waals surface area contributed by atoms with Gasteiger partial charge in [0.1, 0.15) is 5.82 Å². The van der Waals surface area contributed by atoms with Gasteiger partial charge in [-0.25, -0.2) is 9.98 Å². The van der Waals surface area contributed by atoms with Crippen LogP contribution in [0, 0.1) is 0 Å². The third kappa shape index (κ3) is 7.09. The highest BCUT2D eigenvalue weighted by atomic mass is 127. The molecular weight excluding hydrogens is 509 g/mol. The number of aromatic nitrogens is 1. The Labute approximate surface area is 201 Å². The lowest BCUT2D eigenvalue weighted by Gasteiger charge is -2.32. The van der Waals surface area contributed by atoms with Crippen molar-refractivity contribution >= 4 is 47.1 Å². The molecule has 2 aromatic heterocycles. The zero-order valence-electron chi connectivity index (χ0n) is 18.4. The van der Waals surface area contributed by atoms with Crippen LogP contribution in [0.15, 0.2) is 40.8 Å². The van der Waals surface area contributed by atoms with Crippen LogP contribution in [0.3, 0.4) is 0 Å². The Hall–Kier alpha value is -1.39. The van der Waals surface area contributed by atoms with Crippen LogP contribution < -0.4 is 15.5 Å². The maximum atomic E-state index is 5.61. The first-order chi connectivity index (χ1) is 14.0. The van der Waals surface area contributed by atoms with Gasteiger partial charge >= 0.3 is 0 Å². The van der Waals surface area contributed by atoms with Gasteiger partial charge in [0.15, 0.2) is 5.96 Å². The molecule has 1 aliphatic rings. The lowest BCUT2D eigenvalue weighted by molar-refractivity contribution is 0.0529. The number of thiophene rings is 1. The molecule has 6 nitrogen and oxygen atoms in total. The number of aliphatic imine (C=N–C) groups is 1. The van der Waals surface area contributed by atoms with Crippen LogP contribution >= 0.6 is 35.3 Å². The smallest absolute Gasteiger partial charge is 0.191 e. The molecule has 2 N–H and O–H groups in total. The predicted molar refractivity (Wildman–Crippen MR) is 137 cm³/mol. The van der Waals surface area contributed by atoms with E-state index in [4.69, 9.17) is 9.73 Å². The number of guanidine groups is 1. The van der Waals surface area contributed by atoms with Gasteiger partial charge in [-0.15, -0.1) is 35.3 Å². The lowest BCUT2D eigenvalue weighted by Crippen LogP contribution is -2.43. The summed E-state index contributed by atoms with van der Waals surface area (Å²) >= 11 is 1.80. The van der Waals surface area contributed by atoms with E-state index < -0.39 is 0 Å². The number of anilines is 1. The summed E-state index contributed by atoms with van der Waals surface area (Å²) in [5.74, 6) is 1.85. The Morgan fingerprint density at radius 3 is 2.80 bits per heavy atom. The number of nitrogens with zero attached hydrogens (tertiary/aromatic N) is 3. The highest BCUT2D eigenvalue weighted by molar-refractivity contribution is 14.0. The van der Waals surface area contributed by atoms with Crippen molar-refractivity contribution in [3.63, 3.8) is 0 Å². The number of nitrogens with one attached hydrogen (secondary N) is 2. The molecule has 8 heteroatoms. The van der Waals surface area contributed by atoms with Gasteiger partial charge in [0.2, 0.25) is 0 Å². The van der Waals surface area contributed by atoms with Gasteiger partial charge in [0.05, 0.1) is 19.3 Å². The highest BCUT2D eigenvalue weighted by Crippen LogP contribution is 2.26. The minimum Gasteiger partial charge on any atom is -0.375 e. The molecule has 1 saturated heterocycles. The summed E-state index contributed by atoms with van der Waals surface area (Å²) in [7, 11) is 0. The lowest BCUT2D eigenvalue weighted by atomic mass is 9.91. The van der Waals surface area contributed by atoms with Gasteiger partial charge in [-0.05, 0) is 36.9 Å². The van der Waals surface area contributed by atoms with Gasteiger partial charge in [0, 0.05) is 42.7 Å². The molecule has 1 fully saturated rings. The Morgan fingerprint density at radius 2 is 2.17 bits per heavy atom. The average molecular weight is 544 g/mol. The molecule has 1 atom stereocenters. The van der Waals surface area contributed by atoms with Gasteiger partial charge in [-0.2, -0.15) is 0 Å². The minimum atomic E-state index is 0. The Morgan fingerprint density at radius 1 is 1.33 bits per heavy atom. The molecular formula is C22H34IN5OS. The van der Waals surface area contributed by atoms with E-state index in [9.17, 15) is 0 Å². The molecule has 0 aromatic carbocycles. The number of hydrogen-bond acceptors (Lipinski definition) is 5. The molecule has 3 heterocycles. The van der Waals surface area contributed by atoms with E-state index in [0.717, 1.165) is 50.1 Å². The van der Waals surface area contributed by atoms with E-state index in [1.807, 2.05) is 6.20 Å². The summed E-state index contributed by atoms with van der Waals surface area (Å²) < 4.78 is 5.61. The SMILES string of the molecule is CCNC(=NCc1ccc(N2CCOC(C)C2)nc1)NCC(C)(C)c1cccs1.I. The zero-order chi connectivity index (χ0) is 20.7. The second kappa shape index (κ2) is 11.9. The molecule has 2 aromatic rings. The molecule has 30 heavy (non-hydrogen) atoms. The van der Waals surface area contributed by atoms with Crippen LogP contribution in [0.1, 0.15) is 38.1 Å². The summed E-state index contributed by atoms with van der Waals surface area (Å²) in [6.45, 7) is 13.5. The summed E-state index contributed by atoms with van der Waals surface area (Å²) in [6.07, 6.45) is 2.18. The van der Waals surface area contributed by atoms with E-state index in [2.05, 4.69) is 77.9 Å². The number of rotatable bonds is 7. The number of ether oxygens (including phenoxy) is 1. The third-order valence-corrected chi connectivity index (χ3v) is 6.26. The van der Waals surface area contributed by atoms with Crippen molar-refractivity contribution in [1.82, 2.24) is 15.6 Å². The van der Waals surface area contributed by atoms with E-state index >= 15 is 0 Å². The van der Waals surface area contributed by atoms with Gasteiger partial charge in [-0.1, -0.05) is 26.0 Å². The van der Waals surface area contributed by atoms with E-state index in [0.29, 0.717) is 6.54 Å². The zero-order valence-corrected chi connectivity index (χ0v) is 21.5. The number of morpholine rings is 1. The number of halogens is 1. The third-order valence-electron chi connectivity index (χ3n) is 5.02. The van der Waals surface area contributed by atoms with Crippen LogP contribution in [0.4, 0.5) is 5.82 Å². The molecule has 0 saturated carbocycles. The molecule has 166 valence electrons. The van der Waals surface area contributed by atoms with Crippen LogP contribution in [-0.4, -0.2) is 49.8 Å². The topological polar surface area (TPSA) is 61.8 Å². The standard InChI is InChI=1S/C22H33N5OS.HI/c1-5-23-21(26-16-22(3,4)19-7-6-12-29-19)25-14-18-8-9-20(24-13-18)27-10-11-28-17(2)15-27;/h6-9,12-13,17H,5,10-11,14-16H2,1-4H3,(H2,23,25,26);1H. The first-order valence-corrected chi connectivity index (χ1v) is 11.2. The molecule has 0 radical (unpaired) electrons. The number of pyridine rings is 1. The Kier molecular flexibility index (Phi) is 9.83. The fourth-order valence-corrected chi connectivity index (χ4v) is 4.14. The first kappa shape index (κ1) is 24.9. The summed E-state index contributed by atoms with van der Waals surface area (Å²) in [5.41, 5.74) is 1.16. The van der Waals surface area contributed by atoms with E-state index in [1.165, 1.54) is 4.88 Å². The van der Waals surface area contributed by atoms with Crippen LogP contribution in [0.2, 0.25) is 0 Å². The minimum absolute atomic E-state index is 0. The fraction of sp³-hybridized carbons (Fsp3) is 0.545. The molecule has 3 rings (SSSR count). The van der Waals surface area contributed by atoms with Crippen molar-refractivity contribution in [2.75, 3.05) is 37.7 Å². The molecule has 0 aliphatic carbocycles. The summed E-state index contributed by atoms with van der Waals surface area (Å²) in [6, 6.07) is 8.50. The van der Waals surface area contributed by atoms with Crippen molar-refractivity contribution in [1.29, 1.82) is 0 Å². The van der Waals surface area contributed by atoms with Crippen molar-refractivity contribution in [3.8, 4) is 0 Å². The molecule has 0 spiro atoms. The predicted octanol–water partition coefficient (Wildman–Crippen LogP) is 4.02. The molecule has 0 amide bonds. The quantitative estimate of drug-likeness (QED) is 0.314. The highest BCUT2D eigenvalue weighted by Gasteiger charge is 2.22. The van der Waals surface area contributed by atoms with Crippen molar-refractivity contribution in [3.05, 3.63) is 46.3 Å². The monoisotopic (exact) mass is 543 g/mol. The summed E-state index contributed by atoms with van der Waals surface area (Å²) in [4.78, 5) is 13.0. The van der Waals surface area contributed by atoms with Gasteiger partial charge in [-0.3, -0.25) is 0 Å². The Balaban J connectivity index is 0.00000320. The largest absolute Gasteiger partial charge is 0.375 e. The maximum Gasteiger partial charge on any atom is 0.191 e.